The van der Waals surface area contributed by atoms with Gasteiger partial charge in [0.1, 0.15) is 6.17 Å². The number of hydrogen-bond acceptors (Lipinski definition) is 2. The van der Waals surface area contributed by atoms with Crippen molar-refractivity contribution < 1.29 is 4.39 Å². The summed E-state index contributed by atoms with van der Waals surface area (Å²) in [5, 5.41) is 0. The van der Waals surface area contributed by atoms with Crippen LogP contribution in [0.25, 0.3) is 0 Å². The molecule has 0 amide bonds. The number of halogens is 1. The van der Waals surface area contributed by atoms with E-state index < -0.39 is 6.17 Å². The Bertz CT molecular complexity index is 209. The van der Waals surface area contributed by atoms with Crippen LogP contribution in [-0.4, -0.2) is 30.8 Å². The first kappa shape index (κ1) is 10.4. The fourth-order valence-corrected chi connectivity index (χ4v) is 3.15. The Morgan fingerprint density at radius 1 is 1.29 bits per heavy atom. The minimum Gasteiger partial charge on any atom is -0.315 e. The van der Waals surface area contributed by atoms with Crippen LogP contribution in [0.1, 0.15) is 26.2 Å². The SMILES string of the molecule is CC1CCC2C(C1)[C@@H](F)CN(C)C2N. The molecule has 2 rings (SSSR count). The van der Waals surface area contributed by atoms with E-state index >= 15 is 0 Å². The van der Waals surface area contributed by atoms with E-state index in [1.165, 1.54) is 6.42 Å². The quantitative estimate of drug-likeness (QED) is 0.643. The van der Waals surface area contributed by atoms with Gasteiger partial charge in [-0.3, -0.25) is 4.90 Å². The molecule has 1 aliphatic carbocycles. The molecule has 1 aliphatic heterocycles. The van der Waals surface area contributed by atoms with E-state index in [4.69, 9.17) is 5.73 Å². The fraction of sp³-hybridized carbons (Fsp3) is 1.00. The second kappa shape index (κ2) is 3.78. The molecule has 0 aromatic heterocycles. The summed E-state index contributed by atoms with van der Waals surface area (Å²) in [4.78, 5) is 1.97. The lowest BCUT2D eigenvalue weighted by Crippen LogP contribution is -2.58. The summed E-state index contributed by atoms with van der Waals surface area (Å²) in [5.74, 6) is 1.30. The molecule has 82 valence electrons. The first-order valence-electron chi connectivity index (χ1n) is 5.69. The van der Waals surface area contributed by atoms with Crippen LogP contribution in [0.3, 0.4) is 0 Å². The number of alkyl halides is 1. The summed E-state index contributed by atoms with van der Waals surface area (Å²) in [6.07, 6.45) is 2.78. The summed E-state index contributed by atoms with van der Waals surface area (Å²) >= 11 is 0. The van der Waals surface area contributed by atoms with Crippen molar-refractivity contribution in [1.29, 1.82) is 0 Å². The average molecular weight is 200 g/mol. The molecular formula is C11H21FN2. The summed E-state index contributed by atoms with van der Waals surface area (Å²) in [6.45, 7) is 2.75. The van der Waals surface area contributed by atoms with Gasteiger partial charge in [-0.2, -0.15) is 0 Å². The van der Waals surface area contributed by atoms with Crippen LogP contribution in [0.15, 0.2) is 0 Å². The number of fused-ring (bicyclic) bond motifs is 1. The molecule has 2 aliphatic rings. The molecule has 0 spiro atoms. The summed E-state index contributed by atoms with van der Waals surface area (Å²) < 4.78 is 13.8. The zero-order valence-electron chi connectivity index (χ0n) is 9.12. The van der Waals surface area contributed by atoms with Crippen molar-refractivity contribution in [3.63, 3.8) is 0 Å². The zero-order valence-corrected chi connectivity index (χ0v) is 9.12. The second-order valence-electron chi connectivity index (χ2n) is 5.19. The molecule has 0 aromatic carbocycles. The van der Waals surface area contributed by atoms with Crippen LogP contribution in [0.2, 0.25) is 0 Å². The molecule has 0 aromatic rings. The van der Waals surface area contributed by atoms with Gasteiger partial charge in [0.15, 0.2) is 0 Å². The molecule has 2 N–H and O–H groups in total. The highest BCUT2D eigenvalue weighted by molar-refractivity contribution is 4.93. The Morgan fingerprint density at radius 3 is 2.71 bits per heavy atom. The Balaban J connectivity index is 2.10. The maximum Gasteiger partial charge on any atom is 0.116 e. The summed E-state index contributed by atoms with van der Waals surface area (Å²) in [5.41, 5.74) is 6.10. The average Bonchev–Trinajstić information content (AvgIpc) is 2.14. The van der Waals surface area contributed by atoms with Crippen molar-refractivity contribution in [2.24, 2.45) is 23.5 Å². The third-order valence-corrected chi connectivity index (χ3v) is 4.09. The number of nitrogens with zero attached hydrogens (tertiary/aromatic N) is 1. The second-order valence-corrected chi connectivity index (χ2v) is 5.19. The molecule has 5 atom stereocenters. The van der Waals surface area contributed by atoms with Crippen molar-refractivity contribution >= 4 is 0 Å². The molecule has 14 heavy (non-hydrogen) atoms. The number of piperidine rings is 1. The van der Waals surface area contributed by atoms with Gasteiger partial charge >= 0.3 is 0 Å². The maximum absolute atomic E-state index is 13.8. The Hall–Kier alpha value is -0.150. The minimum atomic E-state index is -0.660. The Morgan fingerprint density at radius 2 is 2.00 bits per heavy atom. The molecule has 4 unspecified atom stereocenters. The van der Waals surface area contributed by atoms with Crippen LogP contribution in [0.4, 0.5) is 4.39 Å². The smallest absolute Gasteiger partial charge is 0.116 e. The highest BCUT2D eigenvalue weighted by Crippen LogP contribution is 2.41. The van der Waals surface area contributed by atoms with Gasteiger partial charge in [-0.25, -0.2) is 4.39 Å². The van der Waals surface area contributed by atoms with E-state index in [-0.39, 0.29) is 12.1 Å². The third kappa shape index (κ3) is 1.68. The largest absolute Gasteiger partial charge is 0.315 e. The fourth-order valence-electron chi connectivity index (χ4n) is 3.15. The van der Waals surface area contributed by atoms with Crippen molar-refractivity contribution in [3.05, 3.63) is 0 Å². The van der Waals surface area contributed by atoms with Crippen LogP contribution in [0.5, 0.6) is 0 Å². The van der Waals surface area contributed by atoms with Gasteiger partial charge in [0.2, 0.25) is 0 Å². The van der Waals surface area contributed by atoms with Crippen molar-refractivity contribution in [2.45, 2.75) is 38.5 Å². The third-order valence-electron chi connectivity index (χ3n) is 4.09. The van der Waals surface area contributed by atoms with Gasteiger partial charge in [-0.1, -0.05) is 13.3 Å². The van der Waals surface area contributed by atoms with E-state index in [0.29, 0.717) is 18.4 Å². The van der Waals surface area contributed by atoms with Gasteiger partial charge in [0, 0.05) is 6.54 Å². The minimum absolute atomic E-state index is 0.0829. The van der Waals surface area contributed by atoms with Crippen LogP contribution in [0, 0.1) is 17.8 Å². The van der Waals surface area contributed by atoms with Gasteiger partial charge in [0.25, 0.3) is 0 Å². The summed E-state index contributed by atoms with van der Waals surface area (Å²) in [6, 6.07) is 0. The number of likely N-dealkylation sites (tertiary alicyclic amines) is 1. The lowest BCUT2D eigenvalue weighted by molar-refractivity contribution is -0.0287. The Kier molecular flexibility index (Phi) is 2.80. The van der Waals surface area contributed by atoms with E-state index in [1.54, 1.807) is 0 Å². The molecule has 1 heterocycles. The molecule has 2 fully saturated rings. The first-order valence-corrected chi connectivity index (χ1v) is 5.69. The van der Waals surface area contributed by atoms with Gasteiger partial charge in [-0.15, -0.1) is 0 Å². The molecule has 1 saturated carbocycles. The van der Waals surface area contributed by atoms with E-state index in [0.717, 1.165) is 12.8 Å². The lowest BCUT2D eigenvalue weighted by Gasteiger charge is -2.47. The number of rotatable bonds is 0. The van der Waals surface area contributed by atoms with Crippen molar-refractivity contribution in [3.8, 4) is 0 Å². The van der Waals surface area contributed by atoms with Crippen molar-refractivity contribution in [2.75, 3.05) is 13.6 Å². The highest BCUT2D eigenvalue weighted by atomic mass is 19.1. The molecule has 1 saturated heterocycles. The van der Waals surface area contributed by atoms with Gasteiger partial charge in [-0.05, 0) is 37.6 Å². The van der Waals surface area contributed by atoms with Gasteiger partial charge < -0.3 is 5.73 Å². The summed E-state index contributed by atoms with van der Waals surface area (Å²) in [7, 11) is 1.94. The lowest BCUT2D eigenvalue weighted by atomic mass is 9.69. The normalized spacial score (nSPS) is 50.1. The standard InChI is InChI=1S/C11H21FN2/c1-7-3-4-8-9(5-7)10(12)6-14(2)11(8)13/h7-11H,3-6,13H2,1-2H3/t7?,8?,9?,10-,11?/m0/s1. The number of nitrogens with two attached hydrogens (primary N) is 1. The van der Waals surface area contributed by atoms with E-state index in [1.807, 2.05) is 11.9 Å². The van der Waals surface area contributed by atoms with E-state index in [9.17, 15) is 4.39 Å². The van der Waals surface area contributed by atoms with Crippen LogP contribution in [-0.2, 0) is 0 Å². The first-order chi connectivity index (χ1) is 6.59. The molecule has 0 radical (unpaired) electrons. The van der Waals surface area contributed by atoms with Crippen molar-refractivity contribution in [1.82, 2.24) is 4.90 Å². The Labute approximate surface area is 85.6 Å². The van der Waals surface area contributed by atoms with Crippen LogP contribution >= 0.6 is 0 Å². The van der Waals surface area contributed by atoms with E-state index in [2.05, 4.69) is 6.92 Å². The predicted molar refractivity (Wildman–Crippen MR) is 55.5 cm³/mol. The van der Waals surface area contributed by atoms with Crippen LogP contribution < -0.4 is 5.73 Å². The molecular weight excluding hydrogens is 179 g/mol. The number of hydrogen-bond donors (Lipinski definition) is 1. The molecule has 0 bridgehead atoms. The molecule has 3 heteroatoms. The van der Waals surface area contributed by atoms with Gasteiger partial charge in [0.05, 0.1) is 6.17 Å². The molecule has 2 nitrogen and oxygen atoms in total. The topological polar surface area (TPSA) is 29.3 Å². The maximum atomic E-state index is 13.8. The predicted octanol–water partition coefficient (Wildman–Crippen LogP) is 1.61. The monoisotopic (exact) mass is 200 g/mol. The highest BCUT2D eigenvalue weighted by Gasteiger charge is 2.43. The zero-order chi connectivity index (χ0) is 10.3.